The fourth-order valence-electron chi connectivity index (χ4n) is 2.17. The first-order valence-electron chi connectivity index (χ1n) is 7.22. The summed E-state index contributed by atoms with van der Waals surface area (Å²) < 4.78 is 0. The Bertz CT molecular complexity index is 597. The van der Waals surface area contributed by atoms with Gasteiger partial charge in [-0.05, 0) is 37.0 Å². The Balaban J connectivity index is 1.67. The molecule has 0 atom stereocenters. The van der Waals surface area contributed by atoms with Gasteiger partial charge in [-0.1, -0.05) is 18.1 Å². The van der Waals surface area contributed by atoms with E-state index in [-0.39, 0.29) is 19.3 Å². The number of nitrogens with zero attached hydrogens (tertiary/aromatic N) is 1. The summed E-state index contributed by atoms with van der Waals surface area (Å²) in [4.78, 5) is 39.0. The van der Waals surface area contributed by atoms with Crippen molar-refractivity contribution in [1.29, 1.82) is 0 Å². The molecule has 1 heterocycles. The van der Waals surface area contributed by atoms with E-state index in [0.717, 1.165) is 24.0 Å². The van der Waals surface area contributed by atoms with Crippen LogP contribution in [-0.2, 0) is 25.6 Å². The number of imide groups is 1. The van der Waals surface area contributed by atoms with Crippen molar-refractivity contribution in [2.45, 2.75) is 38.5 Å². The van der Waals surface area contributed by atoms with Gasteiger partial charge in [0, 0.05) is 24.8 Å². The van der Waals surface area contributed by atoms with Crippen molar-refractivity contribution in [3.8, 4) is 12.3 Å². The Labute approximate surface area is 129 Å². The van der Waals surface area contributed by atoms with E-state index in [1.54, 1.807) is 0 Å². The second-order valence-electron chi connectivity index (χ2n) is 5.09. The van der Waals surface area contributed by atoms with Crippen molar-refractivity contribution in [3.63, 3.8) is 0 Å². The molecule has 0 aliphatic carbocycles. The first-order valence-corrected chi connectivity index (χ1v) is 7.22. The molecule has 1 saturated heterocycles. The van der Waals surface area contributed by atoms with E-state index in [1.807, 2.05) is 24.3 Å². The standard InChI is InChI=1S/C17H17NO4/c1-2-13-7-9-14(10-8-13)5-3-4-6-17(21)22-18-15(19)11-12-16(18)20/h1,7-10H,3-6,11-12H2. The largest absolute Gasteiger partial charge is 0.333 e. The van der Waals surface area contributed by atoms with E-state index >= 15 is 0 Å². The van der Waals surface area contributed by atoms with Crippen LogP contribution in [0.25, 0.3) is 0 Å². The summed E-state index contributed by atoms with van der Waals surface area (Å²) in [6.45, 7) is 0. The molecule has 114 valence electrons. The highest BCUT2D eigenvalue weighted by molar-refractivity contribution is 6.01. The smallest absolute Gasteiger partial charge is 0.330 e. The summed E-state index contributed by atoms with van der Waals surface area (Å²) in [7, 11) is 0. The number of amides is 2. The third-order valence-electron chi connectivity index (χ3n) is 3.42. The van der Waals surface area contributed by atoms with Crippen LogP contribution in [0.4, 0.5) is 0 Å². The molecule has 2 rings (SSSR count). The number of benzene rings is 1. The summed E-state index contributed by atoms with van der Waals surface area (Å²) in [6, 6.07) is 7.70. The molecule has 0 radical (unpaired) electrons. The first-order chi connectivity index (χ1) is 10.6. The van der Waals surface area contributed by atoms with Crippen molar-refractivity contribution in [2.24, 2.45) is 0 Å². The molecule has 2 amide bonds. The second kappa shape index (κ2) is 7.41. The molecule has 5 nitrogen and oxygen atoms in total. The number of unbranched alkanes of at least 4 members (excludes halogenated alkanes) is 1. The molecule has 5 heteroatoms. The summed E-state index contributed by atoms with van der Waals surface area (Å²) in [5.41, 5.74) is 1.99. The maximum Gasteiger partial charge on any atom is 0.333 e. The van der Waals surface area contributed by atoms with Crippen LogP contribution in [0.15, 0.2) is 24.3 Å². The van der Waals surface area contributed by atoms with Gasteiger partial charge in [-0.2, -0.15) is 0 Å². The molecule has 0 spiro atoms. The second-order valence-corrected chi connectivity index (χ2v) is 5.09. The van der Waals surface area contributed by atoms with Gasteiger partial charge in [0.2, 0.25) is 0 Å². The SMILES string of the molecule is C#Cc1ccc(CCCCC(=O)ON2C(=O)CCC2=O)cc1. The summed E-state index contributed by atoms with van der Waals surface area (Å²) >= 11 is 0. The van der Waals surface area contributed by atoms with Gasteiger partial charge in [0.1, 0.15) is 0 Å². The summed E-state index contributed by atoms with van der Waals surface area (Å²) in [5, 5.41) is 0.584. The molecule has 1 aromatic carbocycles. The van der Waals surface area contributed by atoms with Gasteiger partial charge in [-0.3, -0.25) is 9.59 Å². The Morgan fingerprint density at radius 2 is 1.77 bits per heavy atom. The molecule has 1 aliphatic heterocycles. The van der Waals surface area contributed by atoms with Crippen LogP contribution in [0.3, 0.4) is 0 Å². The highest BCUT2D eigenvalue weighted by atomic mass is 16.7. The van der Waals surface area contributed by atoms with Crippen molar-refractivity contribution in [1.82, 2.24) is 5.06 Å². The van der Waals surface area contributed by atoms with Crippen molar-refractivity contribution >= 4 is 17.8 Å². The molecule has 1 aliphatic rings. The van der Waals surface area contributed by atoms with Crippen molar-refractivity contribution < 1.29 is 19.2 Å². The lowest BCUT2D eigenvalue weighted by Crippen LogP contribution is -2.31. The lowest BCUT2D eigenvalue weighted by molar-refractivity contribution is -0.197. The van der Waals surface area contributed by atoms with E-state index in [1.165, 1.54) is 0 Å². The third kappa shape index (κ3) is 4.19. The first kappa shape index (κ1) is 15.8. The molecule has 0 bridgehead atoms. The van der Waals surface area contributed by atoms with Crippen LogP contribution in [0.1, 0.15) is 43.2 Å². The monoisotopic (exact) mass is 299 g/mol. The number of carbonyl (C=O) groups is 3. The topological polar surface area (TPSA) is 63.7 Å². The quantitative estimate of drug-likeness (QED) is 0.458. The average molecular weight is 299 g/mol. The molecule has 0 aromatic heterocycles. The number of hydroxylamine groups is 2. The van der Waals surface area contributed by atoms with Crippen LogP contribution in [0.2, 0.25) is 0 Å². The zero-order valence-corrected chi connectivity index (χ0v) is 12.2. The fraction of sp³-hybridized carbons (Fsp3) is 0.353. The van der Waals surface area contributed by atoms with Crippen molar-refractivity contribution in [2.75, 3.05) is 0 Å². The van der Waals surface area contributed by atoms with Crippen LogP contribution < -0.4 is 0 Å². The number of rotatable bonds is 6. The van der Waals surface area contributed by atoms with Gasteiger partial charge in [0.05, 0.1) is 0 Å². The number of hydrogen-bond donors (Lipinski definition) is 0. The normalized spacial score (nSPS) is 14.0. The number of terminal acetylenes is 1. The number of hydrogen-bond acceptors (Lipinski definition) is 4. The molecule has 0 unspecified atom stereocenters. The average Bonchev–Trinajstić information content (AvgIpc) is 2.84. The number of aryl methyl sites for hydroxylation is 1. The molecule has 22 heavy (non-hydrogen) atoms. The third-order valence-corrected chi connectivity index (χ3v) is 3.42. The predicted molar refractivity (Wildman–Crippen MR) is 79.1 cm³/mol. The Kier molecular flexibility index (Phi) is 5.31. The van der Waals surface area contributed by atoms with Gasteiger partial charge >= 0.3 is 5.97 Å². The minimum atomic E-state index is -0.550. The van der Waals surface area contributed by atoms with E-state index < -0.39 is 17.8 Å². The lowest BCUT2D eigenvalue weighted by Gasteiger charge is -2.12. The van der Waals surface area contributed by atoms with Crippen LogP contribution in [0.5, 0.6) is 0 Å². The minimum absolute atomic E-state index is 0.111. The highest BCUT2D eigenvalue weighted by Gasteiger charge is 2.32. The molecule has 0 N–H and O–H groups in total. The van der Waals surface area contributed by atoms with Crippen LogP contribution in [-0.4, -0.2) is 22.8 Å². The zero-order valence-electron chi connectivity index (χ0n) is 12.2. The minimum Gasteiger partial charge on any atom is -0.330 e. The van der Waals surface area contributed by atoms with Gasteiger partial charge in [-0.25, -0.2) is 4.79 Å². The fourth-order valence-corrected chi connectivity index (χ4v) is 2.17. The van der Waals surface area contributed by atoms with E-state index in [0.29, 0.717) is 11.5 Å². The summed E-state index contributed by atoms with van der Waals surface area (Å²) in [5.74, 6) is 1.10. The van der Waals surface area contributed by atoms with E-state index in [9.17, 15) is 14.4 Å². The van der Waals surface area contributed by atoms with Crippen molar-refractivity contribution in [3.05, 3.63) is 35.4 Å². The van der Waals surface area contributed by atoms with E-state index in [2.05, 4.69) is 5.92 Å². The lowest BCUT2D eigenvalue weighted by atomic mass is 10.1. The van der Waals surface area contributed by atoms with Crippen LogP contribution in [0, 0.1) is 12.3 Å². The van der Waals surface area contributed by atoms with E-state index in [4.69, 9.17) is 11.3 Å². The van der Waals surface area contributed by atoms with Crippen LogP contribution >= 0.6 is 0 Å². The van der Waals surface area contributed by atoms with Gasteiger partial charge in [0.15, 0.2) is 0 Å². The molecule has 0 saturated carbocycles. The van der Waals surface area contributed by atoms with Gasteiger partial charge in [0.25, 0.3) is 11.8 Å². The maximum absolute atomic E-state index is 11.6. The maximum atomic E-state index is 11.6. The number of carbonyl (C=O) groups excluding carboxylic acids is 3. The summed E-state index contributed by atoms with van der Waals surface area (Å²) in [6.07, 6.45) is 7.97. The van der Waals surface area contributed by atoms with Gasteiger partial charge < -0.3 is 4.84 Å². The Morgan fingerprint density at radius 1 is 1.14 bits per heavy atom. The molecular weight excluding hydrogens is 282 g/mol. The predicted octanol–water partition coefficient (Wildman–Crippen LogP) is 1.99. The molecule has 1 aromatic rings. The Morgan fingerprint density at radius 3 is 2.36 bits per heavy atom. The molecular formula is C17H17NO4. The highest BCUT2D eigenvalue weighted by Crippen LogP contribution is 2.14. The zero-order chi connectivity index (χ0) is 15.9. The Hall–Kier alpha value is -2.61. The molecule has 1 fully saturated rings. The van der Waals surface area contributed by atoms with Gasteiger partial charge in [-0.15, -0.1) is 11.5 Å².